The number of hydrogen-bond donors (Lipinski definition) is 1. The lowest BCUT2D eigenvalue weighted by atomic mass is 10.1. The Hall–Kier alpha value is -2.18. The molecule has 140 valence electrons. The lowest BCUT2D eigenvalue weighted by Gasteiger charge is -2.26. The minimum absolute atomic E-state index is 0.0663. The Morgan fingerprint density at radius 2 is 1.92 bits per heavy atom. The van der Waals surface area contributed by atoms with E-state index >= 15 is 0 Å². The van der Waals surface area contributed by atoms with Crippen molar-refractivity contribution in [2.24, 2.45) is 7.05 Å². The second-order valence-corrected chi connectivity index (χ2v) is 6.94. The van der Waals surface area contributed by atoms with Crippen molar-refractivity contribution in [3.63, 3.8) is 0 Å². The van der Waals surface area contributed by atoms with Gasteiger partial charge in [0, 0.05) is 38.1 Å². The molecule has 1 aromatic carbocycles. The number of aryl methyl sites for hydroxylation is 1. The van der Waals surface area contributed by atoms with Crippen molar-refractivity contribution in [3.8, 4) is 0 Å². The van der Waals surface area contributed by atoms with Gasteiger partial charge >= 0.3 is 0 Å². The Balaban J connectivity index is 1.65. The summed E-state index contributed by atoms with van der Waals surface area (Å²) in [7, 11) is 1.90. The summed E-state index contributed by atoms with van der Waals surface area (Å²) in [6.07, 6.45) is 7.46. The number of likely N-dealkylation sites (tertiary alicyclic amines) is 1. The van der Waals surface area contributed by atoms with E-state index in [4.69, 9.17) is 0 Å². The number of aliphatic hydroxyl groups excluding tert-OH is 1. The van der Waals surface area contributed by atoms with Crippen LogP contribution in [0.2, 0.25) is 0 Å². The number of nitrogens with zero attached hydrogens (tertiary/aromatic N) is 4. The molecule has 2 heterocycles. The number of aliphatic hydroxyl groups is 1. The predicted octanol–water partition coefficient (Wildman–Crippen LogP) is 2.04. The highest BCUT2D eigenvalue weighted by molar-refractivity contribution is 5.94. The van der Waals surface area contributed by atoms with E-state index in [2.05, 4.69) is 9.88 Å². The molecule has 0 radical (unpaired) electrons. The fourth-order valence-electron chi connectivity index (χ4n) is 3.40. The van der Waals surface area contributed by atoms with Gasteiger partial charge in [0.25, 0.3) is 5.91 Å². The zero-order valence-corrected chi connectivity index (χ0v) is 15.5. The van der Waals surface area contributed by atoms with E-state index in [1.807, 2.05) is 42.1 Å². The summed E-state index contributed by atoms with van der Waals surface area (Å²) < 4.78 is 1.89. The molecule has 0 spiro atoms. The fourth-order valence-corrected chi connectivity index (χ4v) is 3.40. The van der Waals surface area contributed by atoms with Crippen LogP contribution in [0.4, 0.5) is 0 Å². The van der Waals surface area contributed by atoms with Crippen LogP contribution in [0.1, 0.15) is 41.0 Å². The third-order valence-electron chi connectivity index (χ3n) is 4.97. The van der Waals surface area contributed by atoms with Gasteiger partial charge in [0.1, 0.15) is 5.82 Å². The van der Waals surface area contributed by atoms with Crippen molar-refractivity contribution in [2.45, 2.75) is 32.4 Å². The van der Waals surface area contributed by atoms with Crippen molar-refractivity contribution in [1.29, 1.82) is 0 Å². The Bertz CT molecular complexity index is 705. The number of carbonyl (C=O) groups excluding carboxylic acids is 1. The number of carbonyl (C=O) groups is 1. The van der Waals surface area contributed by atoms with Crippen molar-refractivity contribution >= 4 is 5.91 Å². The van der Waals surface area contributed by atoms with E-state index in [1.165, 1.54) is 24.8 Å². The number of benzene rings is 1. The molecule has 26 heavy (non-hydrogen) atoms. The summed E-state index contributed by atoms with van der Waals surface area (Å²) >= 11 is 0. The third kappa shape index (κ3) is 4.71. The quantitative estimate of drug-likeness (QED) is 0.825. The summed E-state index contributed by atoms with van der Waals surface area (Å²) in [5, 5.41) is 9.33. The molecular weight excluding hydrogens is 328 g/mol. The normalized spacial score (nSPS) is 15.2. The zero-order valence-electron chi connectivity index (χ0n) is 15.5. The first-order chi connectivity index (χ1) is 12.7. The molecule has 0 saturated carbocycles. The number of rotatable bonds is 7. The number of hydrogen-bond acceptors (Lipinski definition) is 4. The summed E-state index contributed by atoms with van der Waals surface area (Å²) in [6.45, 7) is 3.88. The zero-order chi connectivity index (χ0) is 18.4. The summed E-state index contributed by atoms with van der Waals surface area (Å²) in [4.78, 5) is 21.2. The summed E-state index contributed by atoms with van der Waals surface area (Å²) in [5.41, 5.74) is 1.89. The van der Waals surface area contributed by atoms with E-state index in [0.717, 1.165) is 25.5 Å². The average Bonchev–Trinajstić information content (AvgIpc) is 3.07. The molecule has 1 aliphatic rings. The van der Waals surface area contributed by atoms with E-state index in [1.54, 1.807) is 11.1 Å². The monoisotopic (exact) mass is 356 g/mol. The highest BCUT2D eigenvalue weighted by atomic mass is 16.3. The van der Waals surface area contributed by atoms with Crippen LogP contribution in [0.15, 0.2) is 36.7 Å². The van der Waals surface area contributed by atoms with Gasteiger partial charge in [0.2, 0.25) is 0 Å². The van der Waals surface area contributed by atoms with Crippen LogP contribution in [-0.2, 0) is 20.1 Å². The van der Waals surface area contributed by atoms with Gasteiger partial charge in [-0.1, -0.05) is 18.6 Å². The number of imidazole rings is 1. The first-order valence-corrected chi connectivity index (χ1v) is 9.35. The topological polar surface area (TPSA) is 61.6 Å². The van der Waals surface area contributed by atoms with Crippen LogP contribution < -0.4 is 0 Å². The first kappa shape index (κ1) is 18.6. The Kier molecular flexibility index (Phi) is 6.41. The average molecular weight is 356 g/mol. The van der Waals surface area contributed by atoms with E-state index < -0.39 is 0 Å². The highest BCUT2D eigenvalue weighted by Gasteiger charge is 2.18. The molecule has 6 nitrogen and oxygen atoms in total. The Morgan fingerprint density at radius 1 is 1.19 bits per heavy atom. The van der Waals surface area contributed by atoms with Crippen LogP contribution in [0.3, 0.4) is 0 Å². The van der Waals surface area contributed by atoms with Crippen molar-refractivity contribution < 1.29 is 9.90 Å². The molecule has 1 aliphatic heterocycles. The van der Waals surface area contributed by atoms with Crippen LogP contribution in [-0.4, -0.2) is 56.6 Å². The van der Waals surface area contributed by atoms with Crippen LogP contribution in [0, 0.1) is 0 Å². The molecule has 1 fully saturated rings. The van der Waals surface area contributed by atoms with E-state index in [-0.39, 0.29) is 12.5 Å². The van der Waals surface area contributed by atoms with Gasteiger partial charge in [-0.3, -0.25) is 9.69 Å². The molecule has 1 aromatic heterocycles. The third-order valence-corrected chi connectivity index (χ3v) is 4.97. The highest BCUT2D eigenvalue weighted by Crippen LogP contribution is 2.15. The molecule has 0 aliphatic carbocycles. The molecule has 2 aromatic rings. The SMILES string of the molecule is Cn1ccnc1CN(CCO)C(=O)c1ccc(CN2CCCCC2)cc1. The van der Waals surface area contributed by atoms with Gasteiger partial charge in [-0.05, 0) is 43.6 Å². The maximum absolute atomic E-state index is 12.8. The second kappa shape index (κ2) is 8.96. The van der Waals surface area contributed by atoms with Crippen molar-refractivity contribution in [3.05, 3.63) is 53.6 Å². The molecule has 0 atom stereocenters. The van der Waals surface area contributed by atoms with E-state index in [9.17, 15) is 9.90 Å². The molecule has 0 unspecified atom stereocenters. The maximum Gasteiger partial charge on any atom is 0.254 e. The lowest BCUT2D eigenvalue weighted by Crippen LogP contribution is -2.34. The van der Waals surface area contributed by atoms with Gasteiger partial charge < -0.3 is 14.6 Å². The van der Waals surface area contributed by atoms with Crippen LogP contribution >= 0.6 is 0 Å². The molecule has 1 amide bonds. The molecule has 0 bridgehead atoms. The summed E-state index contributed by atoms with van der Waals surface area (Å²) in [5.74, 6) is 0.722. The van der Waals surface area contributed by atoms with Crippen molar-refractivity contribution in [2.75, 3.05) is 26.2 Å². The standard InChI is InChI=1S/C20H28N4O2/c1-22-12-9-21-19(22)16-24(13-14-25)20(26)18-7-5-17(6-8-18)15-23-10-3-2-4-11-23/h5-9,12,25H,2-4,10-11,13-16H2,1H3. The van der Waals surface area contributed by atoms with Gasteiger partial charge in [-0.15, -0.1) is 0 Å². The van der Waals surface area contributed by atoms with Gasteiger partial charge in [-0.2, -0.15) is 0 Å². The number of amides is 1. The molecule has 1 N–H and O–H groups in total. The molecular formula is C20H28N4O2. The molecule has 1 saturated heterocycles. The fraction of sp³-hybridized carbons (Fsp3) is 0.500. The maximum atomic E-state index is 12.8. The minimum Gasteiger partial charge on any atom is -0.395 e. The van der Waals surface area contributed by atoms with Crippen molar-refractivity contribution in [1.82, 2.24) is 19.4 Å². The van der Waals surface area contributed by atoms with Crippen LogP contribution in [0.5, 0.6) is 0 Å². The summed E-state index contributed by atoms with van der Waals surface area (Å²) in [6, 6.07) is 7.87. The van der Waals surface area contributed by atoms with Gasteiger partial charge in [0.15, 0.2) is 0 Å². The minimum atomic E-state index is -0.0772. The Morgan fingerprint density at radius 3 is 2.54 bits per heavy atom. The van der Waals surface area contributed by atoms with E-state index in [0.29, 0.717) is 18.7 Å². The number of piperidine rings is 1. The smallest absolute Gasteiger partial charge is 0.254 e. The van der Waals surface area contributed by atoms with Crippen LogP contribution in [0.25, 0.3) is 0 Å². The Labute approximate surface area is 155 Å². The first-order valence-electron chi connectivity index (χ1n) is 9.35. The number of aromatic nitrogens is 2. The largest absolute Gasteiger partial charge is 0.395 e. The molecule has 6 heteroatoms. The van der Waals surface area contributed by atoms with Gasteiger partial charge in [-0.25, -0.2) is 4.98 Å². The predicted molar refractivity (Wildman–Crippen MR) is 101 cm³/mol. The molecule has 3 rings (SSSR count). The van der Waals surface area contributed by atoms with Gasteiger partial charge in [0.05, 0.1) is 13.2 Å². The lowest BCUT2D eigenvalue weighted by molar-refractivity contribution is 0.0701. The second-order valence-electron chi connectivity index (χ2n) is 6.94.